The molecule has 0 saturated carbocycles. The molecular formula is C19H17N2O3-. The van der Waals surface area contributed by atoms with Crippen LogP contribution in [0.25, 0.3) is 22.7 Å². The van der Waals surface area contributed by atoms with Gasteiger partial charge in [-0.05, 0) is 35.9 Å². The summed E-state index contributed by atoms with van der Waals surface area (Å²) in [6.45, 7) is 0. The maximum atomic E-state index is 11.1. The van der Waals surface area contributed by atoms with Crippen molar-refractivity contribution in [2.45, 2.75) is 6.42 Å². The number of carbonyl (C=O) groups excluding carboxylic acids is 1. The number of hydrogen-bond acceptors (Lipinski definition) is 5. The molecule has 2 aromatic carbocycles. The van der Waals surface area contributed by atoms with E-state index < -0.39 is 5.97 Å². The van der Waals surface area contributed by atoms with Crippen LogP contribution < -0.4 is 10.0 Å². The molecule has 24 heavy (non-hydrogen) atoms. The Morgan fingerprint density at radius 3 is 2.50 bits per heavy atom. The molecule has 0 fully saturated rings. The highest BCUT2D eigenvalue weighted by Crippen LogP contribution is 2.25. The summed E-state index contributed by atoms with van der Waals surface area (Å²) in [7, 11) is 3.93. The van der Waals surface area contributed by atoms with Crippen molar-refractivity contribution in [1.29, 1.82) is 0 Å². The van der Waals surface area contributed by atoms with Gasteiger partial charge in [0, 0.05) is 37.7 Å². The highest BCUT2D eigenvalue weighted by molar-refractivity contribution is 5.90. The van der Waals surface area contributed by atoms with E-state index >= 15 is 0 Å². The smallest absolute Gasteiger partial charge is 0.223 e. The lowest BCUT2D eigenvalue weighted by Gasteiger charge is -2.12. The summed E-state index contributed by atoms with van der Waals surface area (Å²) in [5.41, 5.74) is 3.73. The fourth-order valence-corrected chi connectivity index (χ4v) is 2.42. The number of carbonyl (C=O) groups is 1. The topological polar surface area (TPSA) is 69.4 Å². The summed E-state index contributed by atoms with van der Waals surface area (Å²) >= 11 is 0. The number of para-hydroxylation sites is 2. The Morgan fingerprint density at radius 1 is 1.17 bits per heavy atom. The van der Waals surface area contributed by atoms with Crippen LogP contribution in [-0.4, -0.2) is 25.0 Å². The highest BCUT2D eigenvalue weighted by Gasteiger charge is 2.11. The van der Waals surface area contributed by atoms with Crippen molar-refractivity contribution in [1.82, 2.24) is 4.98 Å². The summed E-state index contributed by atoms with van der Waals surface area (Å²) in [6, 6.07) is 15.1. The van der Waals surface area contributed by atoms with Crippen molar-refractivity contribution in [3.05, 3.63) is 60.0 Å². The van der Waals surface area contributed by atoms with Crippen LogP contribution in [-0.2, 0) is 4.79 Å². The molecule has 0 N–H and O–H groups in total. The van der Waals surface area contributed by atoms with Crippen molar-refractivity contribution in [2.24, 2.45) is 0 Å². The van der Waals surface area contributed by atoms with E-state index in [0.29, 0.717) is 22.6 Å². The molecule has 0 aliphatic carbocycles. The largest absolute Gasteiger partial charge is 0.550 e. The molecule has 1 heterocycles. The van der Waals surface area contributed by atoms with Gasteiger partial charge in [0.25, 0.3) is 0 Å². The number of benzene rings is 2. The van der Waals surface area contributed by atoms with E-state index in [2.05, 4.69) is 4.98 Å². The van der Waals surface area contributed by atoms with Crippen LogP contribution >= 0.6 is 0 Å². The van der Waals surface area contributed by atoms with E-state index in [4.69, 9.17) is 4.42 Å². The Labute approximate surface area is 139 Å². The number of oxazole rings is 1. The second-order valence-electron chi connectivity index (χ2n) is 5.69. The Morgan fingerprint density at radius 2 is 1.88 bits per heavy atom. The molecule has 1 aromatic heterocycles. The Balaban J connectivity index is 2.00. The van der Waals surface area contributed by atoms with Crippen LogP contribution in [0.5, 0.6) is 0 Å². The molecular weight excluding hydrogens is 304 g/mol. The van der Waals surface area contributed by atoms with Crippen LogP contribution in [0.1, 0.15) is 17.9 Å². The molecule has 0 aliphatic rings. The quantitative estimate of drug-likeness (QED) is 0.722. The third kappa shape index (κ3) is 3.46. The predicted octanol–water partition coefficient (Wildman–Crippen LogP) is 2.57. The van der Waals surface area contributed by atoms with E-state index in [0.717, 1.165) is 11.3 Å². The molecule has 3 aromatic rings. The average Bonchev–Trinajstić information content (AvgIpc) is 2.98. The zero-order chi connectivity index (χ0) is 17.1. The summed E-state index contributed by atoms with van der Waals surface area (Å²) in [5, 5.41) is 11.1. The molecule has 5 nitrogen and oxygen atoms in total. The van der Waals surface area contributed by atoms with E-state index in [1.54, 1.807) is 12.1 Å². The number of aromatic nitrogens is 1. The van der Waals surface area contributed by atoms with Gasteiger partial charge in [-0.25, -0.2) is 4.98 Å². The van der Waals surface area contributed by atoms with Gasteiger partial charge in [0.15, 0.2) is 5.58 Å². The third-order valence-electron chi connectivity index (χ3n) is 3.65. The Hall–Kier alpha value is -3.08. The zero-order valence-corrected chi connectivity index (χ0v) is 13.5. The first kappa shape index (κ1) is 15.8. The molecule has 3 rings (SSSR count). The van der Waals surface area contributed by atoms with Gasteiger partial charge in [-0.3, -0.25) is 0 Å². The fourth-order valence-electron chi connectivity index (χ4n) is 2.42. The standard InChI is InChI=1S/C19H18N2O3/c1-21(2)15-9-7-13(8-10-15)11-14(12-18(22)23)19-20-16-5-3-4-6-17(16)24-19/h3-11H,12H2,1-2H3,(H,22,23)/p-1/b14-11+. The predicted molar refractivity (Wildman–Crippen MR) is 92.3 cm³/mol. The van der Waals surface area contributed by atoms with Crippen molar-refractivity contribution in [2.75, 3.05) is 19.0 Å². The van der Waals surface area contributed by atoms with Crippen LogP contribution in [0, 0.1) is 0 Å². The number of hydrogen-bond donors (Lipinski definition) is 0. The number of aliphatic carboxylic acids is 1. The van der Waals surface area contributed by atoms with Crippen LogP contribution in [0.2, 0.25) is 0 Å². The molecule has 0 radical (unpaired) electrons. The normalized spacial score (nSPS) is 11.7. The first-order valence-electron chi connectivity index (χ1n) is 7.56. The van der Waals surface area contributed by atoms with E-state index in [1.807, 2.05) is 61.5 Å². The molecule has 122 valence electrons. The maximum absolute atomic E-state index is 11.1. The molecule has 0 spiro atoms. The van der Waals surface area contributed by atoms with Crippen molar-refractivity contribution < 1.29 is 14.3 Å². The monoisotopic (exact) mass is 321 g/mol. The summed E-state index contributed by atoms with van der Waals surface area (Å²) in [4.78, 5) is 17.5. The minimum absolute atomic E-state index is 0.262. The SMILES string of the molecule is CN(C)c1ccc(/C=C(\CC(=O)[O-])c2nc3ccccc3o2)cc1. The zero-order valence-electron chi connectivity index (χ0n) is 13.5. The minimum atomic E-state index is -1.17. The third-order valence-corrected chi connectivity index (χ3v) is 3.65. The minimum Gasteiger partial charge on any atom is -0.550 e. The fraction of sp³-hybridized carbons (Fsp3) is 0.158. The van der Waals surface area contributed by atoms with Crippen molar-refractivity contribution >= 4 is 34.4 Å². The van der Waals surface area contributed by atoms with E-state index in [1.165, 1.54) is 0 Å². The van der Waals surface area contributed by atoms with Gasteiger partial charge in [0.2, 0.25) is 5.89 Å². The molecule has 5 heteroatoms. The van der Waals surface area contributed by atoms with Crippen LogP contribution in [0.3, 0.4) is 0 Å². The highest BCUT2D eigenvalue weighted by atomic mass is 16.4. The Kier molecular flexibility index (Phi) is 4.33. The number of carboxylic acid groups (broad SMARTS) is 1. The molecule has 0 saturated heterocycles. The van der Waals surface area contributed by atoms with Crippen molar-refractivity contribution in [3.8, 4) is 0 Å². The van der Waals surface area contributed by atoms with Gasteiger partial charge in [-0.15, -0.1) is 0 Å². The van der Waals surface area contributed by atoms with Gasteiger partial charge in [0.1, 0.15) is 5.52 Å². The van der Waals surface area contributed by atoms with E-state index in [9.17, 15) is 9.90 Å². The number of nitrogens with zero attached hydrogens (tertiary/aromatic N) is 2. The Bertz CT molecular complexity index is 859. The number of anilines is 1. The molecule has 0 bridgehead atoms. The first-order valence-corrected chi connectivity index (χ1v) is 7.56. The van der Waals surface area contributed by atoms with Crippen LogP contribution in [0.15, 0.2) is 52.9 Å². The van der Waals surface area contributed by atoms with Gasteiger partial charge in [0.05, 0.1) is 0 Å². The number of rotatable bonds is 5. The second-order valence-corrected chi connectivity index (χ2v) is 5.69. The number of carboxylic acids is 1. The van der Waals surface area contributed by atoms with Gasteiger partial charge < -0.3 is 19.2 Å². The molecule has 0 amide bonds. The lowest BCUT2D eigenvalue weighted by molar-refractivity contribution is -0.304. The lowest BCUT2D eigenvalue weighted by atomic mass is 10.1. The molecule has 0 aliphatic heterocycles. The maximum Gasteiger partial charge on any atom is 0.223 e. The van der Waals surface area contributed by atoms with Gasteiger partial charge in [-0.2, -0.15) is 0 Å². The summed E-state index contributed by atoms with van der Waals surface area (Å²) in [5.74, 6) is -0.870. The molecule has 0 atom stereocenters. The summed E-state index contributed by atoms with van der Waals surface area (Å²) in [6.07, 6.45) is 1.50. The molecule has 0 unspecified atom stereocenters. The lowest BCUT2D eigenvalue weighted by Crippen LogP contribution is -2.22. The number of fused-ring (bicyclic) bond motifs is 1. The first-order chi connectivity index (χ1) is 11.5. The van der Waals surface area contributed by atoms with Crippen molar-refractivity contribution in [3.63, 3.8) is 0 Å². The summed E-state index contributed by atoms with van der Waals surface area (Å²) < 4.78 is 5.69. The average molecular weight is 321 g/mol. The van der Waals surface area contributed by atoms with Gasteiger partial charge >= 0.3 is 0 Å². The van der Waals surface area contributed by atoms with Crippen LogP contribution in [0.4, 0.5) is 5.69 Å². The second kappa shape index (κ2) is 6.58. The van der Waals surface area contributed by atoms with E-state index in [-0.39, 0.29) is 6.42 Å². The van der Waals surface area contributed by atoms with Gasteiger partial charge in [-0.1, -0.05) is 24.3 Å².